The molecule has 1 aromatic heterocycles. The monoisotopic (exact) mass is 521 g/mol. The zero-order valence-corrected chi connectivity index (χ0v) is 21.5. The molecule has 2 unspecified atom stereocenters. The van der Waals surface area contributed by atoms with Crippen molar-refractivity contribution in [1.29, 1.82) is 0 Å². The number of benzene rings is 1. The van der Waals surface area contributed by atoms with Gasteiger partial charge in [-0.25, -0.2) is 9.78 Å². The molecule has 11 heteroatoms. The van der Waals surface area contributed by atoms with Crippen LogP contribution in [0, 0.1) is 0 Å². The summed E-state index contributed by atoms with van der Waals surface area (Å²) < 4.78 is 10.9. The molecule has 0 spiro atoms. The highest BCUT2D eigenvalue weighted by Crippen LogP contribution is 2.35. The number of amides is 4. The van der Waals surface area contributed by atoms with Crippen LogP contribution >= 0.6 is 0 Å². The number of anilines is 2. The Morgan fingerprint density at radius 1 is 1.16 bits per heavy atom. The SMILES string of the molecule is COc1cc(COC(=O)Nc2ccc(N3CCCCC3C)nc2)cc2c1CN(C1CCC(=O)NC1=O)C2=O. The molecule has 3 aliphatic heterocycles. The summed E-state index contributed by atoms with van der Waals surface area (Å²) in [7, 11) is 1.49. The van der Waals surface area contributed by atoms with Crippen LogP contribution in [0.5, 0.6) is 5.75 Å². The van der Waals surface area contributed by atoms with E-state index >= 15 is 0 Å². The van der Waals surface area contributed by atoms with Crippen LogP contribution in [0.25, 0.3) is 0 Å². The summed E-state index contributed by atoms with van der Waals surface area (Å²) in [6, 6.07) is 6.76. The molecule has 200 valence electrons. The molecule has 0 saturated carbocycles. The van der Waals surface area contributed by atoms with Crippen LogP contribution in [-0.4, -0.2) is 59.4 Å². The highest BCUT2D eigenvalue weighted by atomic mass is 16.5. The topological polar surface area (TPSA) is 130 Å². The molecule has 11 nitrogen and oxygen atoms in total. The van der Waals surface area contributed by atoms with Gasteiger partial charge in [-0.1, -0.05) is 0 Å². The lowest BCUT2D eigenvalue weighted by Crippen LogP contribution is -2.52. The van der Waals surface area contributed by atoms with Crippen molar-refractivity contribution in [2.24, 2.45) is 0 Å². The lowest BCUT2D eigenvalue weighted by atomic mass is 10.0. The van der Waals surface area contributed by atoms with Crippen LogP contribution in [0.4, 0.5) is 16.3 Å². The highest BCUT2D eigenvalue weighted by molar-refractivity contribution is 6.05. The number of nitrogens with zero attached hydrogens (tertiary/aromatic N) is 3. The van der Waals surface area contributed by atoms with Crippen LogP contribution in [0.2, 0.25) is 0 Å². The molecular weight excluding hydrogens is 490 g/mol. The van der Waals surface area contributed by atoms with Crippen LogP contribution < -0.4 is 20.3 Å². The first-order chi connectivity index (χ1) is 18.3. The number of fused-ring (bicyclic) bond motifs is 1. The third-order valence-electron chi connectivity index (χ3n) is 7.36. The zero-order chi connectivity index (χ0) is 26.8. The fourth-order valence-corrected chi connectivity index (χ4v) is 5.32. The second-order valence-electron chi connectivity index (χ2n) is 9.87. The van der Waals surface area contributed by atoms with E-state index in [0.717, 1.165) is 25.2 Å². The predicted octanol–water partition coefficient (Wildman–Crippen LogP) is 2.98. The number of nitrogens with one attached hydrogen (secondary N) is 2. The number of carbonyl (C=O) groups excluding carboxylic acids is 4. The standard InChI is InChI=1S/C27H31N5O6/c1-16-5-3-4-10-31(16)23-8-6-18(13-28-23)29-27(36)38-15-17-11-19-20(22(12-17)37-2)14-32(26(19)35)21-7-9-24(33)30-25(21)34/h6,8,11-13,16,21H,3-5,7,9-10,14-15H2,1-2H3,(H,29,36)(H,30,33,34). The molecule has 4 amide bonds. The van der Waals surface area contributed by atoms with Gasteiger partial charge in [0.15, 0.2) is 0 Å². The second kappa shape index (κ2) is 10.7. The predicted molar refractivity (Wildman–Crippen MR) is 138 cm³/mol. The molecule has 0 bridgehead atoms. The minimum Gasteiger partial charge on any atom is -0.496 e. The number of hydrogen-bond donors (Lipinski definition) is 2. The number of hydrogen-bond acceptors (Lipinski definition) is 8. The number of imide groups is 1. The first-order valence-electron chi connectivity index (χ1n) is 12.8. The smallest absolute Gasteiger partial charge is 0.412 e. The Balaban J connectivity index is 1.21. The quantitative estimate of drug-likeness (QED) is 0.555. The molecule has 5 rings (SSSR count). The Morgan fingerprint density at radius 2 is 2.00 bits per heavy atom. The van der Waals surface area contributed by atoms with Gasteiger partial charge >= 0.3 is 6.09 Å². The molecule has 2 fully saturated rings. The van der Waals surface area contributed by atoms with Crippen molar-refractivity contribution in [2.75, 3.05) is 23.9 Å². The Hall–Kier alpha value is -4.15. The maximum absolute atomic E-state index is 13.2. The Morgan fingerprint density at radius 3 is 2.71 bits per heavy atom. The van der Waals surface area contributed by atoms with Crippen molar-refractivity contribution in [3.05, 3.63) is 47.2 Å². The third kappa shape index (κ3) is 5.13. The molecule has 3 aliphatic rings. The Kier molecular flexibility index (Phi) is 7.17. The summed E-state index contributed by atoms with van der Waals surface area (Å²) in [5.74, 6) is 0.214. The summed E-state index contributed by atoms with van der Waals surface area (Å²) in [5.41, 5.74) is 2.14. The number of aromatic nitrogens is 1. The summed E-state index contributed by atoms with van der Waals surface area (Å²) >= 11 is 0. The summed E-state index contributed by atoms with van der Waals surface area (Å²) in [5, 5.41) is 4.97. The molecule has 2 N–H and O–H groups in total. The number of methoxy groups -OCH3 is 1. The van der Waals surface area contributed by atoms with E-state index < -0.39 is 18.0 Å². The molecule has 2 saturated heterocycles. The molecule has 4 heterocycles. The van der Waals surface area contributed by atoms with Gasteiger partial charge in [-0.05, 0) is 62.4 Å². The first kappa shape index (κ1) is 25.5. The van der Waals surface area contributed by atoms with E-state index in [4.69, 9.17) is 9.47 Å². The Labute approximate surface area is 220 Å². The minimum atomic E-state index is -0.721. The summed E-state index contributed by atoms with van der Waals surface area (Å²) in [6.45, 7) is 3.28. The van der Waals surface area contributed by atoms with Crippen molar-refractivity contribution >= 4 is 35.3 Å². The molecule has 1 aromatic carbocycles. The molecule has 2 aromatic rings. The minimum absolute atomic E-state index is 0.0853. The van der Waals surface area contributed by atoms with Gasteiger partial charge in [-0.3, -0.25) is 25.0 Å². The van der Waals surface area contributed by atoms with Gasteiger partial charge in [-0.2, -0.15) is 0 Å². The van der Waals surface area contributed by atoms with Crippen molar-refractivity contribution in [2.45, 2.75) is 64.3 Å². The van der Waals surface area contributed by atoms with E-state index in [1.54, 1.807) is 24.4 Å². The second-order valence-corrected chi connectivity index (χ2v) is 9.87. The van der Waals surface area contributed by atoms with Gasteiger partial charge in [0.05, 0.1) is 25.5 Å². The lowest BCUT2D eigenvalue weighted by Gasteiger charge is -2.34. The van der Waals surface area contributed by atoms with Crippen molar-refractivity contribution in [3.8, 4) is 5.75 Å². The van der Waals surface area contributed by atoms with E-state index in [9.17, 15) is 19.2 Å². The van der Waals surface area contributed by atoms with Gasteiger partial charge in [0.1, 0.15) is 24.2 Å². The van der Waals surface area contributed by atoms with E-state index in [-0.39, 0.29) is 37.8 Å². The maximum Gasteiger partial charge on any atom is 0.412 e. The van der Waals surface area contributed by atoms with E-state index in [0.29, 0.717) is 34.2 Å². The molecule has 38 heavy (non-hydrogen) atoms. The van der Waals surface area contributed by atoms with E-state index in [1.165, 1.54) is 18.4 Å². The van der Waals surface area contributed by atoms with Crippen LogP contribution in [0.1, 0.15) is 60.5 Å². The number of carbonyl (C=O) groups is 4. The summed E-state index contributed by atoms with van der Waals surface area (Å²) in [6.07, 6.45) is 4.92. The molecule has 2 atom stereocenters. The number of pyridine rings is 1. The largest absolute Gasteiger partial charge is 0.496 e. The average Bonchev–Trinajstić information content (AvgIpc) is 3.24. The fourth-order valence-electron chi connectivity index (χ4n) is 5.32. The van der Waals surface area contributed by atoms with E-state index in [2.05, 4.69) is 27.4 Å². The summed E-state index contributed by atoms with van der Waals surface area (Å²) in [4.78, 5) is 57.7. The zero-order valence-electron chi connectivity index (χ0n) is 21.5. The number of ether oxygens (including phenoxy) is 2. The van der Waals surface area contributed by atoms with Gasteiger partial charge in [0.2, 0.25) is 11.8 Å². The van der Waals surface area contributed by atoms with Crippen LogP contribution in [0.15, 0.2) is 30.5 Å². The molecule has 0 aliphatic carbocycles. The van der Waals surface area contributed by atoms with Crippen molar-refractivity contribution < 1.29 is 28.7 Å². The first-order valence-corrected chi connectivity index (χ1v) is 12.8. The van der Waals surface area contributed by atoms with Crippen LogP contribution in [-0.2, 0) is 27.5 Å². The molecular formula is C27H31N5O6. The third-order valence-corrected chi connectivity index (χ3v) is 7.36. The lowest BCUT2D eigenvalue weighted by molar-refractivity contribution is -0.136. The van der Waals surface area contributed by atoms with Gasteiger partial charge < -0.3 is 19.3 Å². The van der Waals surface area contributed by atoms with Crippen molar-refractivity contribution in [1.82, 2.24) is 15.2 Å². The van der Waals surface area contributed by atoms with Crippen molar-refractivity contribution in [3.63, 3.8) is 0 Å². The molecule has 0 radical (unpaired) electrons. The highest BCUT2D eigenvalue weighted by Gasteiger charge is 2.40. The van der Waals surface area contributed by atoms with Crippen LogP contribution in [0.3, 0.4) is 0 Å². The normalized spacial score (nSPS) is 21.2. The fraction of sp³-hybridized carbons (Fsp3) is 0.444. The Bertz CT molecular complexity index is 1260. The number of rotatable bonds is 6. The van der Waals surface area contributed by atoms with Gasteiger partial charge in [0.25, 0.3) is 5.91 Å². The van der Waals surface area contributed by atoms with Gasteiger partial charge in [0, 0.05) is 30.1 Å². The average molecular weight is 522 g/mol. The maximum atomic E-state index is 13.2. The number of piperidine rings is 2. The van der Waals surface area contributed by atoms with E-state index in [1.807, 2.05) is 6.07 Å². The van der Waals surface area contributed by atoms with Gasteiger partial charge in [-0.15, -0.1) is 0 Å².